The van der Waals surface area contributed by atoms with Crippen LogP contribution >= 0.6 is 22.6 Å². The highest BCUT2D eigenvalue weighted by atomic mass is 127. The zero-order valence-corrected chi connectivity index (χ0v) is 14.2. The smallest absolute Gasteiger partial charge is 0.194 e. The summed E-state index contributed by atoms with van der Waals surface area (Å²) in [6.07, 6.45) is 3.70. The van der Waals surface area contributed by atoms with Gasteiger partial charge in [-0.3, -0.25) is 4.57 Å². The summed E-state index contributed by atoms with van der Waals surface area (Å²) in [6, 6.07) is 6.12. The number of hydrogen-bond acceptors (Lipinski definition) is 5. The molecule has 1 saturated heterocycles. The first-order valence-electron chi connectivity index (χ1n) is 7.25. The van der Waals surface area contributed by atoms with E-state index in [1.807, 2.05) is 4.57 Å². The molecule has 3 aromatic rings. The van der Waals surface area contributed by atoms with Crippen molar-refractivity contribution in [3.8, 4) is 0 Å². The summed E-state index contributed by atoms with van der Waals surface area (Å²) in [5.74, 6) is 0.323. The SMILES string of the molecule is Fc1ccc(Nc2nc(I)nc3c2ncn3C2CCCO2)cc1. The molecule has 1 aliphatic heterocycles. The predicted molar refractivity (Wildman–Crippen MR) is 91.9 cm³/mol. The van der Waals surface area contributed by atoms with Crippen LogP contribution in [-0.2, 0) is 4.74 Å². The second-order valence-electron chi connectivity index (χ2n) is 5.26. The van der Waals surface area contributed by atoms with Crippen molar-refractivity contribution in [1.29, 1.82) is 0 Å². The van der Waals surface area contributed by atoms with Crippen LogP contribution in [0.15, 0.2) is 30.6 Å². The molecule has 2 aromatic heterocycles. The lowest BCUT2D eigenvalue weighted by Crippen LogP contribution is -2.07. The van der Waals surface area contributed by atoms with Crippen LogP contribution in [0, 0.1) is 9.65 Å². The molecule has 0 spiro atoms. The van der Waals surface area contributed by atoms with Crippen molar-refractivity contribution in [2.45, 2.75) is 19.1 Å². The molecule has 8 heteroatoms. The van der Waals surface area contributed by atoms with E-state index in [9.17, 15) is 4.39 Å². The number of imidazole rings is 1. The van der Waals surface area contributed by atoms with E-state index in [-0.39, 0.29) is 12.0 Å². The van der Waals surface area contributed by atoms with Gasteiger partial charge in [0, 0.05) is 34.9 Å². The summed E-state index contributed by atoms with van der Waals surface area (Å²) in [5, 5.41) is 3.18. The first kappa shape index (κ1) is 14.8. The topological polar surface area (TPSA) is 64.9 Å². The highest BCUT2D eigenvalue weighted by molar-refractivity contribution is 14.1. The van der Waals surface area contributed by atoms with E-state index in [2.05, 4.69) is 42.9 Å². The Morgan fingerprint density at radius 2 is 2.09 bits per heavy atom. The minimum atomic E-state index is -0.277. The van der Waals surface area contributed by atoms with Crippen molar-refractivity contribution in [1.82, 2.24) is 19.5 Å². The molecule has 1 unspecified atom stereocenters. The quantitative estimate of drug-likeness (QED) is 0.513. The van der Waals surface area contributed by atoms with E-state index in [0.29, 0.717) is 15.2 Å². The third-order valence-corrected chi connectivity index (χ3v) is 4.20. The van der Waals surface area contributed by atoms with E-state index in [4.69, 9.17) is 4.74 Å². The monoisotopic (exact) mass is 425 g/mol. The van der Waals surface area contributed by atoms with Crippen molar-refractivity contribution >= 4 is 45.3 Å². The van der Waals surface area contributed by atoms with Gasteiger partial charge < -0.3 is 10.1 Å². The third-order valence-electron chi connectivity index (χ3n) is 3.72. The number of halogens is 2. The first-order valence-corrected chi connectivity index (χ1v) is 8.33. The molecule has 1 aliphatic rings. The number of ether oxygens (including phenoxy) is 1. The number of nitrogens with one attached hydrogen (secondary N) is 1. The Morgan fingerprint density at radius 1 is 1.26 bits per heavy atom. The molecule has 1 aromatic carbocycles. The maximum Gasteiger partial charge on any atom is 0.194 e. The fraction of sp³-hybridized carbons (Fsp3) is 0.267. The lowest BCUT2D eigenvalue weighted by atomic mass is 10.3. The third kappa shape index (κ3) is 2.88. The van der Waals surface area contributed by atoms with Gasteiger partial charge in [0.1, 0.15) is 12.0 Å². The summed E-state index contributed by atoms with van der Waals surface area (Å²) in [7, 11) is 0. The largest absolute Gasteiger partial charge is 0.358 e. The Kier molecular flexibility index (Phi) is 3.85. The van der Waals surface area contributed by atoms with E-state index >= 15 is 0 Å². The van der Waals surface area contributed by atoms with Crippen LogP contribution in [0.2, 0.25) is 0 Å². The van der Waals surface area contributed by atoms with E-state index in [1.165, 1.54) is 12.1 Å². The van der Waals surface area contributed by atoms with Crippen LogP contribution < -0.4 is 5.32 Å². The molecule has 1 atom stereocenters. The van der Waals surface area contributed by atoms with Gasteiger partial charge in [0.15, 0.2) is 20.8 Å². The predicted octanol–water partition coefficient (Wildman–Crippen LogP) is 3.62. The molecular weight excluding hydrogens is 412 g/mol. The van der Waals surface area contributed by atoms with Crippen molar-refractivity contribution < 1.29 is 9.13 Å². The van der Waals surface area contributed by atoms with Crippen molar-refractivity contribution in [3.63, 3.8) is 0 Å². The molecule has 0 saturated carbocycles. The summed E-state index contributed by atoms with van der Waals surface area (Å²) < 4.78 is 21.3. The van der Waals surface area contributed by atoms with Crippen LogP contribution in [0.25, 0.3) is 11.2 Å². The Hall–Kier alpha value is -1.81. The van der Waals surface area contributed by atoms with E-state index in [1.54, 1.807) is 18.5 Å². The van der Waals surface area contributed by atoms with Crippen LogP contribution in [0.1, 0.15) is 19.1 Å². The minimum absolute atomic E-state index is 0.0237. The van der Waals surface area contributed by atoms with Gasteiger partial charge in [-0.15, -0.1) is 0 Å². The van der Waals surface area contributed by atoms with E-state index < -0.39 is 0 Å². The van der Waals surface area contributed by atoms with Crippen LogP contribution in [0.3, 0.4) is 0 Å². The second kappa shape index (κ2) is 6.00. The normalized spacial score (nSPS) is 17.7. The summed E-state index contributed by atoms with van der Waals surface area (Å²) >= 11 is 2.07. The van der Waals surface area contributed by atoms with Gasteiger partial charge in [-0.2, -0.15) is 0 Å². The Bertz CT molecular complexity index is 845. The maximum absolute atomic E-state index is 13.0. The molecule has 0 radical (unpaired) electrons. The number of hydrogen-bond donors (Lipinski definition) is 1. The Morgan fingerprint density at radius 3 is 2.83 bits per heavy atom. The zero-order valence-electron chi connectivity index (χ0n) is 12.0. The molecule has 0 bridgehead atoms. The van der Waals surface area contributed by atoms with Gasteiger partial charge >= 0.3 is 0 Å². The molecule has 6 nitrogen and oxygen atoms in total. The standard InChI is InChI=1S/C15H13FIN5O/c16-9-3-5-10(6-4-9)19-13-12-14(21-15(17)20-13)22(8-18-12)11-2-1-7-23-11/h3-6,8,11H,1-2,7H2,(H,19,20,21). The molecule has 0 aliphatic carbocycles. The Labute approximate surface area is 145 Å². The minimum Gasteiger partial charge on any atom is -0.358 e. The molecule has 1 fully saturated rings. The van der Waals surface area contributed by atoms with Gasteiger partial charge in [0.2, 0.25) is 0 Å². The van der Waals surface area contributed by atoms with E-state index in [0.717, 1.165) is 30.8 Å². The molecule has 0 amide bonds. The van der Waals surface area contributed by atoms with Crippen LogP contribution in [0.5, 0.6) is 0 Å². The van der Waals surface area contributed by atoms with Gasteiger partial charge in [-0.05, 0) is 37.1 Å². The number of rotatable bonds is 3. The first-order chi connectivity index (χ1) is 11.2. The highest BCUT2D eigenvalue weighted by Gasteiger charge is 2.22. The second-order valence-corrected chi connectivity index (χ2v) is 6.23. The highest BCUT2D eigenvalue weighted by Crippen LogP contribution is 2.29. The zero-order chi connectivity index (χ0) is 15.8. The number of fused-ring (bicyclic) bond motifs is 1. The fourth-order valence-electron chi connectivity index (χ4n) is 2.64. The lowest BCUT2D eigenvalue weighted by Gasteiger charge is -2.12. The molecule has 3 heterocycles. The molecule has 4 rings (SSSR count). The lowest BCUT2D eigenvalue weighted by molar-refractivity contribution is 0.0592. The molecular formula is C15H13FIN5O. The average Bonchev–Trinajstić information content (AvgIpc) is 3.18. The molecule has 118 valence electrons. The van der Waals surface area contributed by atoms with Crippen molar-refractivity contribution in [3.05, 3.63) is 40.2 Å². The Balaban J connectivity index is 1.75. The number of benzene rings is 1. The van der Waals surface area contributed by atoms with Crippen molar-refractivity contribution in [2.24, 2.45) is 0 Å². The van der Waals surface area contributed by atoms with Gasteiger partial charge in [-0.25, -0.2) is 19.3 Å². The summed E-state index contributed by atoms with van der Waals surface area (Å²) in [5.41, 5.74) is 2.15. The average molecular weight is 425 g/mol. The van der Waals surface area contributed by atoms with Crippen LogP contribution in [0.4, 0.5) is 15.9 Å². The summed E-state index contributed by atoms with van der Waals surface area (Å²) in [6.45, 7) is 0.757. The van der Waals surface area contributed by atoms with Gasteiger partial charge in [0.05, 0.1) is 6.33 Å². The number of anilines is 2. The van der Waals surface area contributed by atoms with Crippen molar-refractivity contribution in [2.75, 3.05) is 11.9 Å². The number of aromatic nitrogens is 4. The molecule has 23 heavy (non-hydrogen) atoms. The van der Waals surface area contributed by atoms with Gasteiger partial charge in [-0.1, -0.05) is 0 Å². The molecule has 1 N–H and O–H groups in total. The van der Waals surface area contributed by atoms with Crippen LogP contribution in [-0.4, -0.2) is 26.1 Å². The fourth-order valence-corrected chi connectivity index (χ4v) is 3.11. The summed E-state index contributed by atoms with van der Waals surface area (Å²) in [4.78, 5) is 13.3. The van der Waals surface area contributed by atoms with Gasteiger partial charge in [0.25, 0.3) is 0 Å². The number of nitrogens with zero attached hydrogens (tertiary/aromatic N) is 4. The maximum atomic E-state index is 13.0.